The van der Waals surface area contributed by atoms with Crippen molar-refractivity contribution in [3.63, 3.8) is 0 Å². The van der Waals surface area contributed by atoms with Crippen LogP contribution >= 0.6 is 24.0 Å². The van der Waals surface area contributed by atoms with Crippen LogP contribution in [0.25, 0.3) is 11.0 Å². The highest BCUT2D eigenvalue weighted by molar-refractivity contribution is 6.31. The summed E-state index contributed by atoms with van der Waals surface area (Å²) >= 11 is 6.06. The first-order valence-corrected chi connectivity index (χ1v) is 11.0. The van der Waals surface area contributed by atoms with Crippen molar-refractivity contribution < 1.29 is 14.6 Å². The smallest absolute Gasteiger partial charge is 0.203 e. The quantitative estimate of drug-likeness (QED) is 0.519. The first-order valence-electron chi connectivity index (χ1n) is 10.6. The molecule has 9 heteroatoms. The highest BCUT2D eigenvalue weighted by atomic mass is 35.5. The van der Waals surface area contributed by atoms with Gasteiger partial charge in [-0.15, -0.1) is 12.4 Å². The van der Waals surface area contributed by atoms with Gasteiger partial charge < -0.3 is 23.7 Å². The van der Waals surface area contributed by atoms with E-state index in [2.05, 4.69) is 4.90 Å². The van der Waals surface area contributed by atoms with Gasteiger partial charge in [-0.1, -0.05) is 23.7 Å². The molecule has 1 fully saturated rings. The van der Waals surface area contributed by atoms with Gasteiger partial charge in [-0.3, -0.25) is 10.3 Å². The van der Waals surface area contributed by atoms with Crippen molar-refractivity contribution in [3.05, 3.63) is 58.7 Å². The van der Waals surface area contributed by atoms with Gasteiger partial charge in [0.15, 0.2) is 0 Å². The average molecular weight is 481 g/mol. The summed E-state index contributed by atoms with van der Waals surface area (Å²) in [6.07, 6.45) is -0.747. The number of fused-ring (bicyclic) bond motifs is 1. The van der Waals surface area contributed by atoms with Crippen molar-refractivity contribution in [3.8, 4) is 5.75 Å². The summed E-state index contributed by atoms with van der Waals surface area (Å²) in [5.74, 6) is 0.671. The van der Waals surface area contributed by atoms with Gasteiger partial charge in [-0.2, -0.15) is 0 Å². The van der Waals surface area contributed by atoms with Crippen LogP contribution in [-0.4, -0.2) is 64.7 Å². The van der Waals surface area contributed by atoms with Crippen LogP contribution < -0.4 is 10.4 Å². The zero-order valence-electron chi connectivity index (χ0n) is 18.2. The zero-order valence-corrected chi connectivity index (χ0v) is 19.7. The topological polar surface area (TPSA) is 75.6 Å². The molecule has 0 amide bonds. The van der Waals surface area contributed by atoms with Crippen LogP contribution in [-0.2, 0) is 17.8 Å². The Bertz CT molecular complexity index is 1090. The fourth-order valence-electron chi connectivity index (χ4n) is 3.93. The Morgan fingerprint density at radius 2 is 1.78 bits per heavy atom. The minimum absolute atomic E-state index is 0. The van der Waals surface area contributed by atoms with Crippen LogP contribution in [0.15, 0.2) is 42.5 Å². The first kappa shape index (κ1) is 24.6. The molecule has 0 bridgehead atoms. The number of para-hydroxylation sites is 2. The normalized spacial score (nSPS) is 15.5. The minimum Gasteiger partial charge on any atom is -0.491 e. The molecule has 2 aromatic carbocycles. The number of morpholine rings is 1. The number of hydrogen-bond acceptors (Lipinski definition) is 5. The first-order chi connectivity index (χ1) is 15.0. The number of nitrogens with zero attached hydrogens (tertiary/aromatic N) is 3. The number of benzene rings is 2. The van der Waals surface area contributed by atoms with Gasteiger partial charge in [-0.05, 0) is 42.8 Å². The number of rotatable bonds is 8. The van der Waals surface area contributed by atoms with Crippen LogP contribution in [0, 0.1) is 12.3 Å². The van der Waals surface area contributed by atoms with Crippen molar-refractivity contribution in [2.75, 3.05) is 39.5 Å². The van der Waals surface area contributed by atoms with E-state index in [4.69, 9.17) is 26.5 Å². The molecule has 2 heterocycles. The van der Waals surface area contributed by atoms with Crippen LogP contribution in [0.4, 0.5) is 0 Å². The molecule has 2 N–H and O–H groups in total. The van der Waals surface area contributed by atoms with E-state index in [1.165, 1.54) is 0 Å². The monoisotopic (exact) mass is 480 g/mol. The summed E-state index contributed by atoms with van der Waals surface area (Å²) in [5.41, 5.74) is 3.26. The average Bonchev–Trinajstić information content (AvgIpc) is 3.05. The van der Waals surface area contributed by atoms with Crippen LogP contribution in [0.2, 0.25) is 5.02 Å². The van der Waals surface area contributed by atoms with Crippen molar-refractivity contribution in [2.24, 2.45) is 0 Å². The van der Waals surface area contributed by atoms with Crippen molar-refractivity contribution >= 4 is 35.0 Å². The van der Waals surface area contributed by atoms with Crippen molar-refractivity contribution in [2.45, 2.75) is 26.1 Å². The maximum atomic E-state index is 10.6. The molecule has 174 valence electrons. The molecule has 0 saturated carbocycles. The van der Waals surface area contributed by atoms with Gasteiger partial charge in [0.25, 0.3) is 0 Å². The van der Waals surface area contributed by atoms with E-state index in [1.807, 2.05) is 46.4 Å². The van der Waals surface area contributed by atoms with E-state index < -0.39 is 6.10 Å². The summed E-state index contributed by atoms with van der Waals surface area (Å²) in [5, 5.41) is 20.1. The summed E-state index contributed by atoms with van der Waals surface area (Å²) < 4.78 is 15.0. The largest absolute Gasteiger partial charge is 0.491 e. The van der Waals surface area contributed by atoms with Gasteiger partial charge in [0.1, 0.15) is 18.5 Å². The third-order valence-corrected chi connectivity index (χ3v) is 6.11. The van der Waals surface area contributed by atoms with Crippen LogP contribution in [0.1, 0.15) is 5.56 Å². The van der Waals surface area contributed by atoms with Crippen LogP contribution in [0.3, 0.4) is 0 Å². The summed E-state index contributed by atoms with van der Waals surface area (Å²) in [6.45, 7) is 7.31. The Hall–Kier alpha value is -2.03. The molecule has 4 rings (SSSR count). The number of aliphatic hydroxyl groups is 1. The second kappa shape index (κ2) is 11.2. The second-order valence-corrected chi connectivity index (χ2v) is 8.31. The summed E-state index contributed by atoms with van der Waals surface area (Å²) in [7, 11) is 0. The lowest BCUT2D eigenvalue weighted by Gasteiger charge is -2.26. The lowest BCUT2D eigenvalue weighted by molar-refractivity contribution is 0.0363. The number of aromatic nitrogens is 2. The molecule has 3 aromatic rings. The standard InChI is InChI=1S/C23H29ClN4O3.ClH/c1-17-14-19(6-7-20(17)24)31-16-18(29)15-28-22-5-3-2-4-21(22)27(23(28)25)9-8-26-10-12-30-13-11-26;/h2-7,14,18,25,29H,8-13,15-16H2,1H3;1H. The third-order valence-electron chi connectivity index (χ3n) is 5.68. The predicted molar refractivity (Wildman–Crippen MR) is 128 cm³/mol. The Morgan fingerprint density at radius 1 is 1.09 bits per heavy atom. The maximum Gasteiger partial charge on any atom is 0.203 e. The Balaban J connectivity index is 0.00000289. The fourth-order valence-corrected chi connectivity index (χ4v) is 4.05. The Labute approximate surface area is 199 Å². The number of imidazole rings is 1. The molecular formula is C23H30Cl2N4O3. The number of hydrogen-bond donors (Lipinski definition) is 2. The number of aliphatic hydroxyl groups excluding tert-OH is 1. The lowest BCUT2D eigenvalue weighted by Crippen LogP contribution is -2.39. The van der Waals surface area contributed by atoms with E-state index in [0.29, 0.717) is 16.4 Å². The molecule has 0 radical (unpaired) electrons. The molecule has 1 atom stereocenters. The molecule has 32 heavy (non-hydrogen) atoms. The van der Waals surface area contributed by atoms with E-state index in [9.17, 15) is 5.11 Å². The van der Waals surface area contributed by atoms with Crippen molar-refractivity contribution in [1.82, 2.24) is 14.0 Å². The minimum atomic E-state index is -0.747. The fraction of sp³-hybridized carbons (Fsp3) is 0.435. The van der Waals surface area contributed by atoms with Gasteiger partial charge in [0.2, 0.25) is 5.62 Å². The summed E-state index contributed by atoms with van der Waals surface area (Å²) in [4.78, 5) is 2.36. The Morgan fingerprint density at radius 3 is 2.47 bits per heavy atom. The highest BCUT2D eigenvalue weighted by Gasteiger charge is 2.16. The lowest BCUT2D eigenvalue weighted by atomic mass is 10.2. The molecule has 1 aliphatic rings. The number of aryl methyl sites for hydroxylation is 1. The molecule has 7 nitrogen and oxygen atoms in total. The number of halogens is 2. The third kappa shape index (κ3) is 5.66. The summed E-state index contributed by atoms with van der Waals surface area (Å²) in [6, 6.07) is 13.4. The van der Waals surface area contributed by atoms with Crippen LogP contribution in [0.5, 0.6) is 5.75 Å². The van der Waals surface area contributed by atoms with Gasteiger partial charge >= 0.3 is 0 Å². The number of nitrogens with one attached hydrogen (secondary N) is 1. The van der Waals surface area contributed by atoms with E-state index in [0.717, 1.165) is 56.0 Å². The molecule has 1 saturated heterocycles. The van der Waals surface area contributed by atoms with Gasteiger partial charge in [0, 0.05) is 31.2 Å². The molecular weight excluding hydrogens is 451 g/mol. The molecule has 0 spiro atoms. The molecule has 0 aliphatic carbocycles. The highest BCUT2D eigenvalue weighted by Crippen LogP contribution is 2.21. The van der Waals surface area contributed by atoms with Crippen molar-refractivity contribution in [1.29, 1.82) is 5.41 Å². The zero-order chi connectivity index (χ0) is 21.8. The van der Waals surface area contributed by atoms with E-state index in [-0.39, 0.29) is 25.6 Å². The second-order valence-electron chi connectivity index (χ2n) is 7.90. The molecule has 1 aromatic heterocycles. The molecule has 1 unspecified atom stereocenters. The number of ether oxygens (including phenoxy) is 2. The van der Waals surface area contributed by atoms with E-state index >= 15 is 0 Å². The Kier molecular flexibility index (Phi) is 8.62. The van der Waals surface area contributed by atoms with Gasteiger partial charge in [-0.25, -0.2) is 0 Å². The molecule has 1 aliphatic heterocycles. The van der Waals surface area contributed by atoms with Gasteiger partial charge in [0.05, 0.1) is 30.8 Å². The predicted octanol–water partition coefficient (Wildman–Crippen LogP) is 3.08. The van der Waals surface area contributed by atoms with E-state index in [1.54, 1.807) is 12.1 Å². The maximum absolute atomic E-state index is 10.6. The SMILES string of the molecule is Cc1cc(OCC(O)Cn2c(=N)n(CCN3CCOCC3)c3ccccc32)ccc1Cl.Cl.